The Balaban J connectivity index is 2.60. The summed E-state index contributed by atoms with van der Waals surface area (Å²) in [7, 11) is -1.39. The summed E-state index contributed by atoms with van der Waals surface area (Å²) in [6, 6.07) is 5.76. The quantitative estimate of drug-likeness (QED) is 0.389. The van der Waals surface area contributed by atoms with E-state index in [1.54, 1.807) is 0 Å². The highest BCUT2D eigenvalue weighted by atomic mass is 28.3. The fourth-order valence-corrected chi connectivity index (χ4v) is 5.28. The Morgan fingerprint density at radius 1 is 1.04 bits per heavy atom. The second-order valence-electron chi connectivity index (χ2n) is 8.18. The maximum atomic E-state index is 4.32. The van der Waals surface area contributed by atoms with Gasteiger partial charge in [-0.05, 0) is 29.7 Å². The van der Waals surface area contributed by atoms with E-state index < -0.39 is 8.07 Å². The lowest BCUT2D eigenvalue weighted by molar-refractivity contribution is -0.418. The van der Waals surface area contributed by atoms with Gasteiger partial charge >= 0.3 is 0 Å². The van der Waals surface area contributed by atoms with Gasteiger partial charge in [0.15, 0.2) is 0 Å². The Kier molecular flexibility index (Phi) is 4.77. The molecular formula is C21H31NSi. The zero-order valence-electron chi connectivity index (χ0n) is 16.0. The van der Waals surface area contributed by atoms with Crippen molar-refractivity contribution in [3.8, 4) is 0 Å². The van der Waals surface area contributed by atoms with Crippen molar-refractivity contribution >= 4 is 14.8 Å². The van der Waals surface area contributed by atoms with Crippen LogP contribution in [0.4, 0.5) is 0 Å². The molecule has 0 amide bonds. The van der Waals surface area contributed by atoms with Crippen LogP contribution in [0.2, 0.25) is 19.6 Å². The summed E-state index contributed by atoms with van der Waals surface area (Å²) in [5.74, 6) is 0.530. The van der Waals surface area contributed by atoms with Crippen molar-refractivity contribution in [2.24, 2.45) is 5.92 Å². The Hall–Kier alpha value is -1.54. The predicted molar refractivity (Wildman–Crippen MR) is 105 cm³/mol. The van der Waals surface area contributed by atoms with Gasteiger partial charge in [-0.2, -0.15) is 0 Å². The highest BCUT2D eigenvalue weighted by Gasteiger charge is 2.30. The lowest BCUT2D eigenvalue weighted by atomic mass is 9.89. The Bertz CT molecular complexity index is 676. The molecule has 0 aliphatic carbocycles. The first-order chi connectivity index (χ1) is 10.5. The first kappa shape index (κ1) is 17.8. The second kappa shape index (κ2) is 6.16. The molecule has 0 saturated heterocycles. The van der Waals surface area contributed by atoms with E-state index in [1.807, 2.05) is 0 Å². The molecule has 0 aromatic heterocycles. The van der Waals surface area contributed by atoms with Gasteiger partial charge in [0.05, 0.1) is 14.8 Å². The van der Waals surface area contributed by atoms with Gasteiger partial charge in [0.2, 0.25) is 0 Å². The van der Waals surface area contributed by atoms with Gasteiger partial charge in [0, 0.05) is 0 Å². The van der Waals surface area contributed by atoms with Gasteiger partial charge in [-0.1, -0.05) is 81.7 Å². The molecule has 0 saturated carbocycles. The Labute approximate surface area is 143 Å². The van der Waals surface area contributed by atoms with Gasteiger partial charge < -0.3 is 0 Å². The van der Waals surface area contributed by atoms with E-state index in [4.69, 9.17) is 0 Å². The van der Waals surface area contributed by atoms with E-state index in [-0.39, 0.29) is 0 Å². The number of nitrogens with zero attached hydrogens (tertiary/aromatic N) is 1. The van der Waals surface area contributed by atoms with Crippen LogP contribution in [0.15, 0.2) is 35.2 Å². The van der Waals surface area contributed by atoms with Gasteiger partial charge in [-0.3, -0.25) is 4.58 Å². The average molecular weight is 326 g/mol. The first-order valence-electron chi connectivity index (χ1n) is 8.51. The molecule has 1 nitrogen and oxygen atoms in total. The van der Waals surface area contributed by atoms with E-state index in [2.05, 4.69) is 90.0 Å². The largest absolute Gasteiger partial charge is 0.255 e. The molecule has 1 heterocycles. The molecule has 0 N–H and O–H groups in total. The summed E-state index contributed by atoms with van der Waals surface area (Å²) >= 11 is 0. The monoisotopic (exact) mass is 325 g/mol. The van der Waals surface area contributed by atoms with Crippen LogP contribution in [0, 0.1) is 32.7 Å². The first-order valence-corrected chi connectivity index (χ1v) is 12.0. The summed E-state index contributed by atoms with van der Waals surface area (Å²) in [6.07, 6.45) is 4.67. The highest BCUT2D eigenvalue weighted by Crippen LogP contribution is 2.37. The van der Waals surface area contributed by atoms with Crippen LogP contribution in [0.1, 0.15) is 36.1 Å². The van der Waals surface area contributed by atoms with Crippen LogP contribution in [0.3, 0.4) is 0 Å². The summed E-state index contributed by atoms with van der Waals surface area (Å²) in [4.78, 5) is 0. The van der Waals surface area contributed by atoms with E-state index in [1.165, 1.54) is 39.1 Å². The maximum Gasteiger partial charge on any atom is 0.147 e. The lowest BCUT2D eigenvalue weighted by Crippen LogP contribution is -2.32. The van der Waals surface area contributed by atoms with Crippen molar-refractivity contribution in [2.45, 2.75) is 54.3 Å². The minimum absolute atomic E-state index is 0.530. The summed E-state index contributed by atoms with van der Waals surface area (Å²) in [5.41, 5.74) is 6.79. The third-order valence-electron chi connectivity index (χ3n) is 4.56. The van der Waals surface area contributed by atoms with Crippen molar-refractivity contribution in [1.29, 1.82) is 0 Å². The molecular weight excluding hydrogens is 294 g/mol. The number of benzene rings is 1. The number of allylic oxidation sites excluding steroid dienone is 2. The molecule has 23 heavy (non-hydrogen) atoms. The molecule has 0 fully saturated rings. The zero-order valence-corrected chi connectivity index (χ0v) is 17.0. The normalized spacial score (nSPS) is 15.9. The fourth-order valence-electron chi connectivity index (χ4n) is 3.51. The molecule has 1 aromatic carbocycles. The topological polar surface area (TPSA) is 3.01 Å². The zero-order chi connectivity index (χ0) is 17.5. The lowest BCUT2D eigenvalue weighted by Gasteiger charge is -2.33. The van der Waals surface area contributed by atoms with Crippen molar-refractivity contribution in [2.75, 3.05) is 0 Å². The molecule has 0 bridgehead atoms. The molecule has 124 valence electrons. The van der Waals surface area contributed by atoms with Crippen LogP contribution in [-0.4, -0.2) is 19.4 Å². The minimum atomic E-state index is -1.39. The maximum absolute atomic E-state index is 4.32. The van der Waals surface area contributed by atoms with Gasteiger partial charge in [-0.25, -0.2) is 0 Å². The minimum Gasteiger partial charge on any atom is -0.255 e. The SMILES string of the molecule is C=[N+]1C=C([Si](C)(C)C)C(C(C)C)=C[C-]1c1c(C)cc(C)cc1C. The van der Waals surface area contributed by atoms with Crippen molar-refractivity contribution < 1.29 is 4.58 Å². The molecule has 0 spiro atoms. The molecule has 1 aliphatic heterocycles. The van der Waals surface area contributed by atoms with Gasteiger partial charge in [0.1, 0.15) is 12.2 Å². The van der Waals surface area contributed by atoms with Crippen molar-refractivity contribution in [1.82, 2.24) is 0 Å². The number of hydrogen-bond acceptors (Lipinski definition) is 0. The number of hydrogen-bond donors (Lipinski definition) is 0. The summed E-state index contributed by atoms with van der Waals surface area (Å²) in [5, 5.41) is 1.52. The van der Waals surface area contributed by atoms with Crippen LogP contribution < -0.4 is 0 Å². The van der Waals surface area contributed by atoms with E-state index >= 15 is 0 Å². The molecule has 1 aromatic rings. The van der Waals surface area contributed by atoms with E-state index in [0.29, 0.717) is 5.92 Å². The molecule has 0 radical (unpaired) electrons. The Morgan fingerprint density at radius 3 is 2.00 bits per heavy atom. The third-order valence-corrected chi connectivity index (χ3v) is 6.59. The Morgan fingerprint density at radius 2 is 1.57 bits per heavy atom. The molecule has 0 unspecified atom stereocenters. The van der Waals surface area contributed by atoms with Crippen LogP contribution in [-0.2, 0) is 0 Å². The van der Waals surface area contributed by atoms with E-state index in [9.17, 15) is 0 Å². The molecule has 1 aliphatic rings. The number of rotatable bonds is 3. The summed E-state index contributed by atoms with van der Waals surface area (Å²) in [6.45, 7) is 22.7. The number of aryl methyl sites for hydroxylation is 3. The van der Waals surface area contributed by atoms with Crippen molar-refractivity contribution in [3.05, 3.63) is 63.5 Å². The highest BCUT2D eigenvalue weighted by molar-refractivity contribution is 6.84. The molecule has 2 heteroatoms. The molecule has 0 atom stereocenters. The van der Waals surface area contributed by atoms with Crippen molar-refractivity contribution in [3.63, 3.8) is 0 Å². The average Bonchev–Trinajstić information content (AvgIpc) is 2.37. The van der Waals surface area contributed by atoms with Gasteiger partial charge in [0.25, 0.3) is 0 Å². The van der Waals surface area contributed by atoms with Gasteiger partial charge in [-0.15, -0.1) is 0 Å². The molecule has 2 rings (SSSR count). The fraction of sp³-hybridized carbons (Fsp3) is 0.429. The van der Waals surface area contributed by atoms with E-state index in [0.717, 1.165) is 0 Å². The smallest absolute Gasteiger partial charge is 0.147 e. The van der Waals surface area contributed by atoms with Crippen LogP contribution in [0.25, 0.3) is 0 Å². The third kappa shape index (κ3) is 3.53. The van der Waals surface area contributed by atoms with Crippen LogP contribution >= 0.6 is 0 Å². The summed E-state index contributed by atoms with van der Waals surface area (Å²) < 4.78 is 2.09. The second-order valence-corrected chi connectivity index (χ2v) is 13.2. The van der Waals surface area contributed by atoms with Crippen LogP contribution in [0.5, 0.6) is 0 Å². The predicted octanol–water partition coefficient (Wildman–Crippen LogP) is 5.56. The standard InChI is InChI=1S/C21H31NSi/c1-14(2)18-12-19(22(6)13-20(18)23(7,8)9)21-16(4)10-15(3)11-17(21)5/h10-14H,6H2,1-5,7-9H3.